The van der Waals surface area contributed by atoms with Gasteiger partial charge in [0, 0.05) is 25.1 Å². The first-order valence-electron chi connectivity index (χ1n) is 7.20. The Hall–Kier alpha value is -1.98. The number of piperidine rings is 1. The molecule has 0 radical (unpaired) electrons. The highest BCUT2D eigenvalue weighted by atomic mass is 32.2. The fourth-order valence-corrected chi connectivity index (χ4v) is 4.38. The van der Waals surface area contributed by atoms with Crippen molar-refractivity contribution in [2.45, 2.75) is 25.0 Å². The van der Waals surface area contributed by atoms with Crippen LogP contribution in [0.2, 0.25) is 0 Å². The molecule has 1 aliphatic heterocycles. The molecule has 0 aromatic heterocycles. The second-order valence-corrected chi connectivity index (χ2v) is 7.61. The van der Waals surface area contributed by atoms with Crippen LogP contribution in [0.5, 0.6) is 0 Å². The van der Waals surface area contributed by atoms with Crippen LogP contribution in [0.4, 0.5) is 4.39 Å². The van der Waals surface area contributed by atoms with Crippen LogP contribution in [-0.2, 0) is 20.6 Å². The number of carbonyl (C=O) groups is 1. The normalized spacial score (nSPS) is 19.2. The lowest BCUT2D eigenvalue weighted by molar-refractivity contribution is -0.138. The molecule has 1 fully saturated rings. The smallest absolute Gasteiger partial charge is 0.303 e. The Bertz CT molecular complexity index is 742. The van der Waals surface area contributed by atoms with Crippen molar-refractivity contribution in [1.29, 1.82) is 5.26 Å². The summed E-state index contributed by atoms with van der Waals surface area (Å²) >= 11 is 0. The summed E-state index contributed by atoms with van der Waals surface area (Å²) in [6.45, 7) is 0.437. The number of halogens is 1. The molecular weight excluding hydrogens is 323 g/mol. The van der Waals surface area contributed by atoms with Crippen molar-refractivity contribution in [3.8, 4) is 6.07 Å². The Morgan fingerprint density at radius 2 is 2.22 bits per heavy atom. The second-order valence-electron chi connectivity index (χ2n) is 5.64. The molecule has 23 heavy (non-hydrogen) atoms. The van der Waals surface area contributed by atoms with Crippen molar-refractivity contribution in [2.75, 3.05) is 13.1 Å². The number of nitrogens with zero attached hydrogens (tertiary/aromatic N) is 2. The molecule has 2 rings (SSSR count). The summed E-state index contributed by atoms with van der Waals surface area (Å²) in [7, 11) is -3.76. The van der Waals surface area contributed by atoms with E-state index in [4.69, 9.17) is 10.4 Å². The van der Waals surface area contributed by atoms with Gasteiger partial charge in [-0.25, -0.2) is 17.1 Å². The molecular formula is C15H17FN2O4S. The van der Waals surface area contributed by atoms with Crippen molar-refractivity contribution >= 4 is 16.0 Å². The summed E-state index contributed by atoms with van der Waals surface area (Å²) in [5, 5.41) is 17.7. The van der Waals surface area contributed by atoms with Gasteiger partial charge in [-0.2, -0.15) is 5.26 Å². The lowest BCUT2D eigenvalue weighted by atomic mass is 9.96. The minimum absolute atomic E-state index is 0.0515. The fraction of sp³-hybridized carbons (Fsp3) is 0.467. The number of aliphatic carboxylic acids is 1. The zero-order valence-electron chi connectivity index (χ0n) is 12.4. The average Bonchev–Trinajstić information content (AvgIpc) is 2.49. The third-order valence-corrected chi connectivity index (χ3v) is 5.65. The molecule has 1 atom stereocenters. The van der Waals surface area contributed by atoms with Gasteiger partial charge in [-0.15, -0.1) is 0 Å². The minimum atomic E-state index is -3.76. The van der Waals surface area contributed by atoms with E-state index in [-0.39, 0.29) is 30.0 Å². The summed E-state index contributed by atoms with van der Waals surface area (Å²) < 4.78 is 39.9. The third-order valence-electron chi connectivity index (χ3n) is 3.85. The topological polar surface area (TPSA) is 98.5 Å². The predicted octanol–water partition coefficient (Wildman–Crippen LogP) is 1.71. The molecule has 0 amide bonds. The monoisotopic (exact) mass is 340 g/mol. The maximum atomic E-state index is 13.8. The Kier molecular flexibility index (Phi) is 5.34. The van der Waals surface area contributed by atoms with Crippen LogP contribution >= 0.6 is 0 Å². The van der Waals surface area contributed by atoms with E-state index in [0.717, 1.165) is 6.07 Å². The van der Waals surface area contributed by atoms with Crippen LogP contribution in [0.25, 0.3) is 0 Å². The van der Waals surface area contributed by atoms with Crippen LogP contribution in [0.3, 0.4) is 0 Å². The van der Waals surface area contributed by atoms with Crippen LogP contribution in [-0.4, -0.2) is 36.9 Å². The molecule has 1 saturated heterocycles. The predicted molar refractivity (Wildman–Crippen MR) is 80.3 cm³/mol. The third kappa shape index (κ3) is 4.50. The SMILES string of the molecule is N#Cc1ccc(F)c(CS(=O)(=O)N2CCC[C@@H](CC(=O)O)C2)c1. The number of benzene rings is 1. The zero-order valence-corrected chi connectivity index (χ0v) is 13.2. The van der Waals surface area contributed by atoms with Crippen molar-refractivity contribution in [2.24, 2.45) is 5.92 Å². The highest BCUT2D eigenvalue weighted by Crippen LogP contribution is 2.24. The van der Waals surface area contributed by atoms with Gasteiger partial charge in [0.15, 0.2) is 0 Å². The van der Waals surface area contributed by atoms with Gasteiger partial charge in [0.2, 0.25) is 10.0 Å². The van der Waals surface area contributed by atoms with Crippen LogP contribution in [0.1, 0.15) is 30.4 Å². The summed E-state index contributed by atoms with van der Waals surface area (Å²) in [6, 6.07) is 5.44. The summed E-state index contributed by atoms with van der Waals surface area (Å²) in [4.78, 5) is 10.8. The Morgan fingerprint density at radius 1 is 1.48 bits per heavy atom. The van der Waals surface area contributed by atoms with Gasteiger partial charge in [0.25, 0.3) is 0 Å². The highest BCUT2D eigenvalue weighted by Gasteiger charge is 2.30. The summed E-state index contributed by atoms with van der Waals surface area (Å²) in [5.41, 5.74) is 0.142. The zero-order chi connectivity index (χ0) is 17.0. The van der Waals surface area contributed by atoms with Crippen molar-refractivity contribution in [1.82, 2.24) is 4.31 Å². The molecule has 1 aliphatic rings. The molecule has 6 nitrogen and oxygen atoms in total. The van der Waals surface area contributed by atoms with Gasteiger partial charge in [-0.3, -0.25) is 4.79 Å². The van der Waals surface area contributed by atoms with Gasteiger partial charge < -0.3 is 5.11 Å². The van der Waals surface area contributed by atoms with Gasteiger partial charge in [-0.05, 0) is 37.0 Å². The lowest BCUT2D eigenvalue weighted by Crippen LogP contribution is -2.41. The van der Waals surface area contributed by atoms with Gasteiger partial charge in [0.1, 0.15) is 5.82 Å². The van der Waals surface area contributed by atoms with Gasteiger partial charge in [0.05, 0.1) is 17.4 Å². The lowest BCUT2D eigenvalue weighted by Gasteiger charge is -2.31. The quantitative estimate of drug-likeness (QED) is 0.880. The molecule has 1 N–H and O–H groups in total. The first-order chi connectivity index (χ1) is 10.8. The molecule has 0 spiro atoms. The minimum Gasteiger partial charge on any atom is -0.481 e. The Morgan fingerprint density at radius 3 is 2.87 bits per heavy atom. The maximum Gasteiger partial charge on any atom is 0.303 e. The Labute approximate surface area is 134 Å². The standard InChI is InChI=1S/C15H17FN2O4S/c16-14-4-3-11(8-17)6-13(14)10-23(21,22)18-5-1-2-12(9-18)7-15(19)20/h3-4,6,12H,1-2,5,7,9-10H2,(H,19,20)/t12-/m0/s1. The van der Waals surface area contributed by atoms with E-state index < -0.39 is 27.6 Å². The highest BCUT2D eigenvalue weighted by molar-refractivity contribution is 7.88. The number of carboxylic acid groups (broad SMARTS) is 1. The van der Waals surface area contributed by atoms with Gasteiger partial charge in [-0.1, -0.05) is 0 Å². The van der Waals surface area contributed by atoms with Gasteiger partial charge >= 0.3 is 5.97 Å². The first kappa shape index (κ1) is 17.4. The maximum absolute atomic E-state index is 13.8. The van der Waals surface area contributed by atoms with Crippen LogP contribution in [0, 0.1) is 23.1 Å². The number of rotatable bonds is 5. The van der Waals surface area contributed by atoms with E-state index in [2.05, 4.69) is 0 Å². The summed E-state index contributed by atoms with van der Waals surface area (Å²) in [5.74, 6) is -2.39. The number of nitriles is 1. The van der Waals surface area contributed by atoms with Crippen molar-refractivity contribution in [3.63, 3.8) is 0 Å². The molecule has 124 valence electrons. The van der Waals surface area contributed by atoms with Crippen molar-refractivity contribution in [3.05, 3.63) is 35.1 Å². The van der Waals surface area contributed by atoms with E-state index in [0.29, 0.717) is 19.4 Å². The average molecular weight is 340 g/mol. The molecule has 1 aromatic rings. The van der Waals surface area contributed by atoms with Crippen LogP contribution in [0.15, 0.2) is 18.2 Å². The second kappa shape index (κ2) is 7.06. The largest absolute Gasteiger partial charge is 0.481 e. The molecule has 8 heteroatoms. The van der Waals surface area contributed by atoms with E-state index in [1.54, 1.807) is 0 Å². The summed E-state index contributed by atoms with van der Waals surface area (Å²) in [6.07, 6.45) is 1.17. The van der Waals surface area contributed by atoms with E-state index in [9.17, 15) is 17.6 Å². The number of sulfonamides is 1. The first-order valence-corrected chi connectivity index (χ1v) is 8.81. The number of carboxylic acids is 1. The van der Waals surface area contributed by atoms with Crippen LogP contribution < -0.4 is 0 Å². The van der Waals surface area contributed by atoms with E-state index in [1.807, 2.05) is 6.07 Å². The molecule has 0 saturated carbocycles. The molecule has 0 bridgehead atoms. The van der Waals surface area contributed by atoms with E-state index in [1.165, 1.54) is 16.4 Å². The number of hydrogen-bond donors (Lipinski definition) is 1. The van der Waals surface area contributed by atoms with E-state index >= 15 is 0 Å². The Balaban J connectivity index is 2.15. The van der Waals surface area contributed by atoms with Crippen molar-refractivity contribution < 1.29 is 22.7 Å². The molecule has 1 aromatic carbocycles. The fourth-order valence-electron chi connectivity index (χ4n) is 2.74. The molecule has 0 unspecified atom stereocenters. The molecule has 1 heterocycles. The molecule has 0 aliphatic carbocycles. The number of hydrogen-bond acceptors (Lipinski definition) is 4.